The van der Waals surface area contributed by atoms with Crippen molar-refractivity contribution in [3.63, 3.8) is 0 Å². The Hall–Kier alpha value is -2.01. The van der Waals surface area contributed by atoms with E-state index in [0.717, 1.165) is 23.1 Å². The first-order valence-corrected chi connectivity index (χ1v) is 8.07. The largest absolute Gasteiger partial charge is 0.318 e. The third-order valence-corrected chi connectivity index (χ3v) is 4.92. The summed E-state index contributed by atoms with van der Waals surface area (Å²) in [5.41, 5.74) is 1.76. The lowest BCUT2D eigenvalue weighted by Crippen LogP contribution is -2.23. The van der Waals surface area contributed by atoms with Crippen LogP contribution in [0.25, 0.3) is 0 Å². The monoisotopic (exact) mass is 328 g/mol. The summed E-state index contributed by atoms with van der Waals surface area (Å²) in [5, 5.41) is 12.6. The second kappa shape index (κ2) is 6.18. The van der Waals surface area contributed by atoms with Crippen LogP contribution in [0, 0.1) is 10.1 Å². The van der Waals surface area contributed by atoms with Crippen LogP contribution in [0.4, 0.5) is 11.4 Å². The molecular weight excluding hydrogens is 316 g/mol. The molecule has 112 valence electrons. The molecule has 2 rings (SSSR count). The van der Waals surface area contributed by atoms with Crippen LogP contribution in [0.2, 0.25) is 0 Å². The average molecular weight is 328 g/mol. The van der Waals surface area contributed by atoms with E-state index in [1.165, 1.54) is 11.3 Å². The van der Waals surface area contributed by atoms with Crippen molar-refractivity contribution >= 4 is 32.7 Å². The van der Waals surface area contributed by atoms with Crippen LogP contribution in [-0.4, -0.2) is 13.3 Å². The van der Waals surface area contributed by atoms with Gasteiger partial charge in [0.25, 0.3) is 5.69 Å². The lowest BCUT2D eigenvalue weighted by molar-refractivity contribution is -0.384. The Kier molecular flexibility index (Phi) is 4.53. The van der Waals surface area contributed by atoms with Gasteiger partial charge in [-0.3, -0.25) is 16.0 Å². The maximum Gasteiger partial charge on any atom is 0.293 e. The third-order valence-electron chi connectivity index (χ3n) is 2.65. The Bertz CT molecular complexity index is 744. The lowest BCUT2D eigenvalue weighted by atomic mass is 10.3. The minimum Gasteiger partial charge on any atom is -0.318 e. The molecule has 0 fully saturated rings. The van der Waals surface area contributed by atoms with Gasteiger partial charge < -0.3 is 5.43 Å². The summed E-state index contributed by atoms with van der Waals surface area (Å²) in [6, 6.07) is 6.99. The van der Waals surface area contributed by atoms with E-state index in [1.54, 1.807) is 6.07 Å². The summed E-state index contributed by atoms with van der Waals surface area (Å²) in [6.07, 6.45) is 0. The average Bonchev–Trinajstić information content (AvgIpc) is 2.97. The predicted octanol–water partition coefficient (Wildman–Crippen LogP) is 1.42. The van der Waals surface area contributed by atoms with Gasteiger partial charge in [0.05, 0.1) is 9.82 Å². The highest BCUT2D eigenvalue weighted by Gasteiger charge is 2.20. The van der Waals surface area contributed by atoms with Crippen molar-refractivity contribution < 1.29 is 13.3 Å². The molecule has 0 atom stereocenters. The number of hydrogen-bond donors (Lipinski definition) is 3. The van der Waals surface area contributed by atoms with Crippen molar-refractivity contribution in [2.75, 3.05) is 5.43 Å². The molecule has 21 heavy (non-hydrogen) atoms. The maximum atomic E-state index is 12.1. The van der Waals surface area contributed by atoms with Crippen molar-refractivity contribution in [2.45, 2.75) is 11.4 Å². The number of benzene rings is 1. The fourth-order valence-electron chi connectivity index (χ4n) is 1.62. The third kappa shape index (κ3) is 3.55. The smallest absolute Gasteiger partial charge is 0.293 e. The Balaban J connectivity index is 2.25. The van der Waals surface area contributed by atoms with E-state index in [2.05, 4.69) is 10.1 Å². The van der Waals surface area contributed by atoms with E-state index in [1.807, 2.05) is 11.4 Å². The van der Waals surface area contributed by atoms with Gasteiger partial charge in [0, 0.05) is 17.5 Å². The number of nitrogens with one attached hydrogen (secondary N) is 2. The maximum absolute atomic E-state index is 12.1. The first-order valence-electron chi connectivity index (χ1n) is 5.71. The zero-order valence-corrected chi connectivity index (χ0v) is 12.3. The Morgan fingerprint density at radius 2 is 2.10 bits per heavy atom. The summed E-state index contributed by atoms with van der Waals surface area (Å²) in [6.45, 7) is 0.155. The number of nitrogens with zero attached hydrogens (tertiary/aromatic N) is 1. The number of nitrogens with two attached hydrogens (primary N) is 1. The molecule has 0 aliphatic rings. The van der Waals surface area contributed by atoms with Crippen LogP contribution in [-0.2, 0) is 16.6 Å². The van der Waals surface area contributed by atoms with Crippen molar-refractivity contribution in [2.24, 2.45) is 5.84 Å². The van der Waals surface area contributed by atoms with Gasteiger partial charge in [-0.15, -0.1) is 11.3 Å². The molecule has 0 saturated heterocycles. The molecule has 10 heteroatoms. The van der Waals surface area contributed by atoms with E-state index in [0.29, 0.717) is 0 Å². The summed E-state index contributed by atoms with van der Waals surface area (Å²) in [5.74, 6) is 5.18. The number of thiophene rings is 1. The molecule has 4 N–H and O–H groups in total. The zero-order valence-electron chi connectivity index (χ0n) is 10.6. The van der Waals surface area contributed by atoms with E-state index < -0.39 is 14.9 Å². The minimum atomic E-state index is -3.77. The van der Waals surface area contributed by atoms with E-state index in [4.69, 9.17) is 5.84 Å². The molecule has 0 aliphatic heterocycles. The number of nitrogen functional groups attached to an aromatic ring is 1. The fraction of sp³-hybridized carbons (Fsp3) is 0.0909. The lowest BCUT2D eigenvalue weighted by Gasteiger charge is -2.08. The summed E-state index contributed by atoms with van der Waals surface area (Å²) < 4.78 is 26.7. The second-order valence-electron chi connectivity index (χ2n) is 3.98. The number of anilines is 1. The molecule has 0 aliphatic carbocycles. The highest BCUT2D eigenvalue weighted by molar-refractivity contribution is 7.89. The fourth-order valence-corrected chi connectivity index (χ4v) is 3.39. The number of sulfonamides is 1. The van der Waals surface area contributed by atoms with Crippen LogP contribution in [0.1, 0.15) is 4.88 Å². The van der Waals surface area contributed by atoms with Crippen LogP contribution in [0.15, 0.2) is 40.6 Å². The van der Waals surface area contributed by atoms with Crippen LogP contribution < -0.4 is 16.0 Å². The molecule has 0 saturated carbocycles. The molecular formula is C11H12N4O4S2. The van der Waals surface area contributed by atoms with E-state index in [-0.39, 0.29) is 22.8 Å². The predicted molar refractivity (Wildman–Crippen MR) is 79.3 cm³/mol. The van der Waals surface area contributed by atoms with Crippen LogP contribution in [0.3, 0.4) is 0 Å². The number of rotatable bonds is 6. The number of hydrogen-bond acceptors (Lipinski definition) is 7. The van der Waals surface area contributed by atoms with Crippen molar-refractivity contribution in [1.82, 2.24) is 4.72 Å². The molecule has 0 spiro atoms. The van der Waals surface area contributed by atoms with E-state index >= 15 is 0 Å². The molecule has 0 amide bonds. The molecule has 1 aromatic carbocycles. The molecule has 0 bridgehead atoms. The first-order chi connectivity index (χ1) is 9.94. The van der Waals surface area contributed by atoms with E-state index in [9.17, 15) is 18.5 Å². The Labute approximate surface area is 124 Å². The highest BCUT2D eigenvalue weighted by Crippen LogP contribution is 2.26. The normalized spacial score (nSPS) is 11.3. The van der Waals surface area contributed by atoms with Gasteiger partial charge in [-0.2, -0.15) is 0 Å². The van der Waals surface area contributed by atoms with Crippen molar-refractivity contribution in [3.05, 3.63) is 50.7 Å². The van der Waals surface area contributed by atoms with Gasteiger partial charge in [0.2, 0.25) is 10.0 Å². The molecule has 0 radical (unpaired) electrons. The number of nitro benzene ring substituents is 1. The van der Waals surface area contributed by atoms with Crippen LogP contribution in [0.5, 0.6) is 0 Å². The minimum absolute atomic E-state index is 0.0704. The summed E-state index contributed by atoms with van der Waals surface area (Å²) in [7, 11) is -3.77. The zero-order chi connectivity index (χ0) is 15.5. The van der Waals surface area contributed by atoms with Gasteiger partial charge in [0.15, 0.2) is 0 Å². The first kappa shape index (κ1) is 15.4. The second-order valence-corrected chi connectivity index (χ2v) is 6.78. The summed E-state index contributed by atoms with van der Waals surface area (Å²) in [4.78, 5) is 10.9. The Morgan fingerprint density at radius 1 is 1.33 bits per heavy atom. The molecule has 8 nitrogen and oxygen atoms in total. The topological polar surface area (TPSA) is 127 Å². The van der Waals surface area contributed by atoms with Gasteiger partial charge in [0.1, 0.15) is 5.69 Å². The van der Waals surface area contributed by atoms with Gasteiger partial charge in [-0.1, -0.05) is 6.07 Å². The summed E-state index contributed by atoms with van der Waals surface area (Å²) >= 11 is 1.42. The highest BCUT2D eigenvalue weighted by atomic mass is 32.2. The van der Waals surface area contributed by atoms with Gasteiger partial charge in [-0.25, -0.2) is 13.1 Å². The van der Waals surface area contributed by atoms with Crippen molar-refractivity contribution in [1.29, 1.82) is 0 Å². The Morgan fingerprint density at radius 3 is 2.67 bits per heavy atom. The van der Waals surface area contributed by atoms with Crippen molar-refractivity contribution in [3.8, 4) is 0 Å². The SMILES string of the molecule is NNc1cc(S(=O)(=O)NCc2cccs2)ccc1[N+](=O)[O-]. The number of nitro groups is 1. The quantitative estimate of drug-likeness (QED) is 0.418. The number of hydrazine groups is 1. The van der Waals surface area contributed by atoms with Crippen LogP contribution >= 0.6 is 11.3 Å². The molecule has 1 aromatic heterocycles. The molecule has 1 heterocycles. The van der Waals surface area contributed by atoms with Gasteiger partial charge >= 0.3 is 0 Å². The van der Waals surface area contributed by atoms with Gasteiger partial charge in [-0.05, 0) is 23.6 Å². The molecule has 0 unspecified atom stereocenters. The standard InChI is InChI=1S/C11H12N4O4S2/c12-14-10-6-9(3-4-11(10)15(16)17)21(18,19)13-7-8-2-1-5-20-8/h1-6,13-14H,7,12H2. The molecule has 2 aromatic rings.